The van der Waals surface area contributed by atoms with E-state index in [1.165, 1.54) is 11.3 Å². The number of nitrogens with two attached hydrogens (primary N) is 1. The van der Waals surface area contributed by atoms with E-state index in [4.69, 9.17) is 5.73 Å². The number of rotatable bonds is 3. The van der Waals surface area contributed by atoms with E-state index >= 15 is 0 Å². The van der Waals surface area contributed by atoms with Gasteiger partial charge in [-0.15, -0.1) is 21.6 Å². The maximum absolute atomic E-state index is 12.7. The third-order valence-electron chi connectivity index (χ3n) is 4.72. The Labute approximate surface area is 169 Å². The van der Waals surface area contributed by atoms with Crippen LogP contribution in [0.1, 0.15) is 15.4 Å². The van der Waals surface area contributed by atoms with Crippen LogP contribution in [0.2, 0.25) is 0 Å². The van der Waals surface area contributed by atoms with Gasteiger partial charge in [0.1, 0.15) is 10.6 Å². The van der Waals surface area contributed by atoms with Crippen molar-refractivity contribution in [3.05, 3.63) is 71.2 Å². The number of para-hydroxylation sites is 1. The molecule has 5 aromatic rings. The minimum absolute atomic E-state index is 0.400. The zero-order valence-electron chi connectivity index (χ0n) is 15.5. The van der Waals surface area contributed by atoms with Gasteiger partial charge in [0.2, 0.25) is 0 Å². The van der Waals surface area contributed by atoms with Gasteiger partial charge in [0.15, 0.2) is 5.82 Å². The molecular formula is C21H16N6OS. The molecule has 29 heavy (non-hydrogen) atoms. The second-order valence-electron chi connectivity index (χ2n) is 6.60. The van der Waals surface area contributed by atoms with Crippen LogP contribution < -0.4 is 5.73 Å². The number of fused-ring (bicyclic) bond motifs is 2. The molecule has 0 unspecified atom stereocenters. The number of azo groups is 1. The third-order valence-corrected chi connectivity index (χ3v) is 5.82. The Morgan fingerprint density at radius 2 is 1.79 bits per heavy atom. The van der Waals surface area contributed by atoms with Crippen LogP contribution in [0.15, 0.2) is 70.9 Å². The van der Waals surface area contributed by atoms with Crippen molar-refractivity contribution in [3.8, 4) is 5.69 Å². The van der Waals surface area contributed by atoms with Crippen LogP contribution >= 0.6 is 11.3 Å². The summed E-state index contributed by atoms with van der Waals surface area (Å²) >= 11 is 1.35. The van der Waals surface area contributed by atoms with E-state index in [2.05, 4.69) is 20.3 Å². The predicted octanol–water partition coefficient (Wildman–Crippen LogP) is 5.38. The number of aryl methyl sites for hydroxylation is 1. The summed E-state index contributed by atoms with van der Waals surface area (Å²) in [7, 11) is 0. The average molecular weight is 400 g/mol. The van der Waals surface area contributed by atoms with Crippen molar-refractivity contribution in [2.24, 2.45) is 10.2 Å². The average Bonchev–Trinajstić information content (AvgIpc) is 3.41. The molecule has 0 radical (unpaired) electrons. The van der Waals surface area contributed by atoms with Gasteiger partial charge in [-0.2, -0.15) is 5.10 Å². The topological polar surface area (TPSA) is 101 Å². The molecule has 3 N–H and O–H groups in total. The van der Waals surface area contributed by atoms with Crippen LogP contribution in [0.3, 0.4) is 0 Å². The van der Waals surface area contributed by atoms with Crippen molar-refractivity contribution in [3.63, 3.8) is 0 Å². The molecule has 0 aliphatic carbocycles. The molecule has 8 heteroatoms. The lowest BCUT2D eigenvalue weighted by molar-refractivity contribution is 0.0999. The van der Waals surface area contributed by atoms with Crippen molar-refractivity contribution in [2.45, 2.75) is 6.92 Å². The molecule has 0 saturated carbocycles. The molecule has 7 nitrogen and oxygen atoms in total. The molecule has 142 valence electrons. The first kappa shape index (κ1) is 17.3. The number of benzene rings is 2. The van der Waals surface area contributed by atoms with Gasteiger partial charge < -0.3 is 10.7 Å². The highest BCUT2D eigenvalue weighted by molar-refractivity contribution is 7.20. The fourth-order valence-electron chi connectivity index (χ4n) is 3.31. The Balaban J connectivity index is 1.51. The van der Waals surface area contributed by atoms with Crippen molar-refractivity contribution in [2.75, 3.05) is 5.73 Å². The summed E-state index contributed by atoms with van der Waals surface area (Å²) in [5.74, 6) is 0.573. The first-order chi connectivity index (χ1) is 14.1. The molecule has 5 rings (SSSR count). The fourth-order valence-corrected chi connectivity index (χ4v) is 4.37. The van der Waals surface area contributed by atoms with E-state index < -0.39 is 5.91 Å². The minimum Gasteiger partial charge on any atom is -0.385 e. The summed E-state index contributed by atoms with van der Waals surface area (Å²) in [6.45, 7) is 1.93. The first-order valence-electron chi connectivity index (χ1n) is 8.98. The Morgan fingerprint density at radius 1 is 1.07 bits per heavy atom. The Morgan fingerprint density at radius 3 is 2.59 bits per heavy atom. The second kappa shape index (κ2) is 6.68. The summed E-state index contributed by atoms with van der Waals surface area (Å²) in [5, 5.41) is 15.2. The van der Waals surface area contributed by atoms with Gasteiger partial charge >= 0.3 is 5.91 Å². The molecule has 0 atom stereocenters. The van der Waals surface area contributed by atoms with Gasteiger partial charge in [-0.1, -0.05) is 42.5 Å². The Bertz CT molecular complexity index is 1390. The maximum atomic E-state index is 12.7. The molecule has 3 heterocycles. The van der Waals surface area contributed by atoms with Crippen LogP contribution in [0.5, 0.6) is 0 Å². The first-order valence-corrected chi connectivity index (χ1v) is 9.80. The highest BCUT2D eigenvalue weighted by atomic mass is 32.1. The predicted molar refractivity (Wildman–Crippen MR) is 115 cm³/mol. The third kappa shape index (κ3) is 2.90. The summed E-state index contributed by atoms with van der Waals surface area (Å²) in [6.07, 6.45) is 0. The zero-order valence-corrected chi connectivity index (χ0v) is 16.3. The van der Waals surface area contributed by atoms with Gasteiger partial charge in [0.05, 0.1) is 16.3 Å². The molecule has 0 saturated heterocycles. The number of anilines is 1. The minimum atomic E-state index is -0.400. The quantitative estimate of drug-likeness (QED) is 0.397. The number of amides is 1. The number of thiophene rings is 1. The lowest BCUT2D eigenvalue weighted by Crippen LogP contribution is -1.95. The second-order valence-corrected chi connectivity index (χ2v) is 7.63. The number of hydrogen-bond donors (Lipinski definition) is 2. The van der Waals surface area contributed by atoms with E-state index in [9.17, 15) is 4.79 Å². The summed E-state index contributed by atoms with van der Waals surface area (Å²) < 4.78 is 1.85. The van der Waals surface area contributed by atoms with E-state index in [1.807, 2.05) is 72.3 Å². The molecule has 0 aliphatic heterocycles. The van der Waals surface area contributed by atoms with E-state index in [1.54, 1.807) is 0 Å². The standard InChI is InChI=1S/C21H16N6OS/c1-12-16-11-17(29-21(16)27(26-12)13-7-3-2-4-8-13)20(28)25-24-19-15-10-6-5-9-14(15)18(22)23-19/h2-11,23H,22H2,1H3. The van der Waals surface area contributed by atoms with Crippen LogP contribution in [-0.4, -0.2) is 20.7 Å². The number of carbonyl (C=O) groups excluding carboxylic acids is 1. The number of nitrogen functional groups attached to an aromatic ring is 1. The van der Waals surface area contributed by atoms with Gasteiger partial charge in [0.25, 0.3) is 0 Å². The largest absolute Gasteiger partial charge is 0.385 e. The van der Waals surface area contributed by atoms with Crippen molar-refractivity contribution >= 4 is 49.9 Å². The molecule has 0 spiro atoms. The normalized spacial score (nSPS) is 11.8. The number of hydrogen-bond acceptors (Lipinski definition) is 5. The van der Waals surface area contributed by atoms with Gasteiger partial charge in [-0.05, 0) is 25.1 Å². The molecular weight excluding hydrogens is 384 g/mol. The maximum Gasteiger partial charge on any atom is 0.305 e. The fraction of sp³-hybridized carbons (Fsp3) is 0.0476. The number of carbonyl (C=O) groups is 1. The molecule has 0 fully saturated rings. The number of aromatic nitrogens is 3. The zero-order chi connectivity index (χ0) is 20.0. The van der Waals surface area contributed by atoms with Gasteiger partial charge in [-0.3, -0.25) is 4.79 Å². The van der Waals surface area contributed by atoms with Crippen molar-refractivity contribution in [1.29, 1.82) is 0 Å². The SMILES string of the molecule is Cc1nn(-c2ccccc2)c2sc(C(=O)N=Nc3[nH]c(N)c4ccccc34)cc12. The summed E-state index contributed by atoms with van der Waals surface area (Å²) in [5.41, 5.74) is 7.78. The van der Waals surface area contributed by atoms with E-state index in [-0.39, 0.29) is 0 Å². The van der Waals surface area contributed by atoms with Crippen LogP contribution in [0, 0.1) is 6.92 Å². The van der Waals surface area contributed by atoms with Gasteiger partial charge in [0, 0.05) is 16.2 Å². The summed E-state index contributed by atoms with van der Waals surface area (Å²) in [4.78, 5) is 17.1. The van der Waals surface area contributed by atoms with Crippen LogP contribution in [0.25, 0.3) is 26.7 Å². The van der Waals surface area contributed by atoms with E-state index in [0.717, 1.165) is 32.4 Å². The highest BCUT2D eigenvalue weighted by Crippen LogP contribution is 2.32. The van der Waals surface area contributed by atoms with Gasteiger partial charge in [-0.25, -0.2) is 4.68 Å². The molecule has 2 aromatic carbocycles. The monoisotopic (exact) mass is 400 g/mol. The number of nitrogens with zero attached hydrogens (tertiary/aromatic N) is 4. The lowest BCUT2D eigenvalue weighted by atomic mass is 10.2. The highest BCUT2D eigenvalue weighted by Gasteiger charge is 2.17. The number of aromatic amines is 1. The van der Waals surface area contributed by atoms with Crippen molar-refractivity contribution < 1.29 is 4.79 Å². The smallest absolute Gasteiger partial charge is 0.305 e. The van der Waals surface area contributed by atoms with Crippen LogP contribution in [0.4, 0.5) is 11.6 Å². The number of H-pyrrole nitrogens is 1. The molecule has 0 bridgehead atoms. The molecule has 1 amide bonds. The Kier molecular flexibility index (Phi) is 3.99. The molecule has 0 aliphatic rings. The molecule has 3 aromatic heterocycles. The Hall–Kier alpha value is -3.78. The number of nitrogens with one attached hydrogen (secondary N) is 1. The lowest BCUT2D eigenvalue weighted by Gasteiger charge is -2.00. The van der Waals surface area contributed by atoms with E-state index in [0.29, 0.717) is 16.5 Å². The van der Waals surface area contributed by atoms with Crippen molar-refractivity contribution in [1.82, 2.24) is 14.8 Å². The van der Waals surface area contributed by atoms with Crippen LogP contribution in [-0.2, 0) is 0 Å². The summed E-state index contributed by atoms with van der Waals surface area (Å²) in [6, 6.07) is 19.2.